The fourth-order valence-electron chi connectivity index (χ4n) is 5.31. The molecule has 198 valence electrons. The zero-order valence-corrected chi connectivity index (χ0v) is 25.3. The Bertz CT molecular complexity index is 870. The molecular formula is C31H52O3Si. The zero-order valence-electron chi connectivity index (χ0n) is 24.3. The van der Waals surface area contributed by atoms with Gasteiger partial charge in [0.25, 0.3) is 0 Å². The topological polar surface area (TPSA) is 43.4 Å². The van der Waals surface area contributed by atoms with Gasteiger partial charge in [-0.15, -0.1) is 0 Å². The van der Waals surface area contributed by atoms with E-state index in [1.807, 2.05) is 6.92 Å². The molecule has 4 heteroatoms. The zero-order chi connectivity index (χ0) is 26.6. The molecule has 0 aromatic carbocycles. The number of carbonyl (C=O) groups is 2. The van der Waals surface area contributed by atoms with Crippen LogP contribution in [0.3, 0.4) is 0 Å². The Balaban J connectivity index is 2.34. The van der Waals surface area contributed by atoms with Crippen molar-refractivity contribution in [3.8, 4) is 0 Å². The monoisotopic (exact) mass is 500 g/mol. The molecule has 0 aromatic rings. The maximum Gasteiger partial charge on any atom is 0.191 e. The molecule has 3 nitrogen and oxygen atoms in total. The van der Waals surface area contributed by atoms with E-state index < -0.39 is 8.32 Å². The van der Waals surface area contributed by atoms with E-state index in [0.717, 1.165) is 37.7 Å². The highest BCUT2D eigenvalue weighted by molar-refractivity contribution is 6.74. The molecule has 4 atom stereocenters. The average molecular weight is 501 g/mol. The van der Waals surface area contributed by atoms with Crippen molar-refractivity contribution >= 4 is 19.9 Å². The fraction of sp³-hybridized carbons (Fsp3) is 0.742. The van der Waals surface area contributed by atoms with Gasteiger partial charge in [-0.3, -0.25) is 9.59 Å². The molecule has 0 spiro atoms. The molecule has 0 bridgehead atoms. The fourth-order valence-corrected chi connectivity index (χ4v) is 6.42. The van der Waals surface area contributed by atoms with E-state index in [2.05, 4.69) is 79.8 Å². The van der Waals surface area contributed by atoms with Gasteiger partial charge >= 0.3 is 0 Å². The van der Waals surface area contributed by atoms with Gasteiger partial charge in [0.1, 0.15) is 5.78 Å². The van der Waals surface area contributed by atoms with Crippen LogP contribution in [0.15, 0.2) is 34.9 Å². The second-order valence-corrected chi connectivity index (χ2v) is 18.1. The first kappa shape index (κ1) is 30.0. The summed E-state index contributed by atoms with van der Waals surface area (Å²) in [4.78, 5) is 26.4. The molecule has 0 aromatic heterocycles. The van der Waals surface area contributed by atoms with Crippen molar-refractivity contribution < 1.29 is 14.0 Å². The molecule has 2 rings (SSSR count). The number of fused-ring (bicyclic) bond motifs is 1. The van der Waals surface area contributed by atoms with Crippen LogP contribution in [-0.2, 0) is 14.0 Å². The van der Waals surface area contributed by atoms with Gasteiger partial charge in [-0.1, -0.05) is 64.0 Å². The Labute approximate surface area is 217 Å². The number of carbonyl (C=O) groups excluding carboxylic acids is 2. The van der Waals surface area contributed by atoms with Gasteiger partial charge in [0, 0.05) is 24.9 Å². The maximum absolute atomic E-state index is 13.5. The van der Waals surface area contributed by atoms with E-state index >= 15 is 0 Å². The van der Waals surface area contributed by atoms with Crippen molar-refractivity contribution in [2.75, 3.05) is 6.61 Å². The largest absolute Gasteiger partial charge is 0.417 e. The summed E-state index contributed by atoms with van der Waals surface area (Å²) in [7, 11) is -1.85. The number of hydrogen-bond acceptors (Lipinski definition) is 3. The number of Topliss-reactive ketones (excluding diaryl/α,β-unsaturated/α-hetero) is 2. The van der Waals surface area contributed by atoms with Crippen molar-refractivity contribution in [2.24, 2.45) is 23.2 Å². The molecule has 35 heavy (non-hydrogen) atoms. The molecule has 0 aliphatic heterocycles. The van der Waals surface area contributed by atoms with Crippen molar-refractivity contribution in [1.29, 1.82) is 0 Å². The highest BCUT2D eigenvalue weighted by atomic mass is 28.4. The van der Waals surface area contributed by atoms with Crippen LogP contribution in [0.4, 0.5) is 0 Å². The summed E-state index contributed by atoms with van der Waals surface area (Å²) in [6, 6.07) is 0. The van der Waals surface area contributed by atoms with Crippen LogP contribution >= 0.6 is 0 Å². The highest BCUT2D eigenvalue weighted by Crippen LogP contribution is 2.52. The van der Waals surface area contributed by atoms with E-state index in [4.69, 9.17) is 4.43 Å². The minimum absolute atomic E-state index is 0.172. The quantitative estimate of drug-likeness (QED) is 0.286. The Kier molecular flexibility index (Phi) is 10.2. The van der Waals surface area contributed by atoms with Crippen molar-refractivity contribution in [2.45, 2.75) is 118 Å². The lowest BCUT2D eigenvalue weighted by Crippen LogP contribution is -2.42. The molecule has 0 N–H and O–H groups in total. The van der Waals surface area contributed by atoms with Gasteiger partial charge in [-0.25, -0.2) is 0 Å². The predicted molar refractivity (Wildman–Crippen MR) is 151 cm³/mol. The molecule has 1 saturated carbocycles. The third kappa shape index (κ3) is 7.61. The van der Waals surface area contributed by atoms with Crippen LogP contribution in [0, 0.1) is 23.2 Å². The second kappa shape index (κ2) is 11.9. The van der Waals surface area contributed by atoms with Crippen LogP contribution in [0.2, 0.25) is 18.1 Å². The Morgan fingerprint density at radius 2 is 1.66 bits per heavy atom. The molecule has 0 saturated heterocycles. The van der Waals surface area contributed by atoms with Gasteiger partial charge in [-0.05, 0) is 94.3 Å². The molecule has 2 aliphatic carbocycles. The lowest BCUT2D eigenvalue weighted by atomic mass is 9.69. The standard InChI is InChI=1S/C31H52O3Si/c1-22-12-11-13-23(2)18-19-31(8)27(16-15-24(3)28(32)17-14-22)26(20-29(31)33)25(4)21-34-35(9,10)30(5,6)7/h12,15,18,25-27H,11,13-14,16-17,19-21H2,1-10H3/b22-12+,23-18+,24-15+/t25-,26+,27-,31+/m1/s1. The first-order chi connectivity index (χ1) is 16.1. The lowest BCUT2D eigenvalue weighted by molar-refractivity contribution is -0.126. The molecule has 0 radical (unpaired) electrons. The van der Waals surface area contributed by atoms with Crippen molar-refractivity contribution in [3.63, 3.8) is 0 Å². The van der Waals surface area contributed by atoms with E-state index in [9.17, 15) is 9.59 Å². The molecule has 0 heterocycles. The summed E-state index contributed by atoms with van der Waals surface area (Å²) < 4.78 is 6.60. The highest BCUT2D eigenvalue weighted by Gasteiger charge is 2.52. The first-order valence-electron chi connectivity index (χ1n) is 13.8. The van der Waals surface area contributed by atoms with Crippen LogP contribution in [-0.4, -0.2) is 26.5 Å². The smallest absolute Gasteiger partial charge is 0.191 e. The number of allylic oxidation sites excluding steroid dienone is 6. The summed E-state index contributed by atoms with van der Waals surface area (Å²) in [5.74, 6) is 1.44. The van der Waals surface area contributed by atoms with E-state index in [1.54, 1.807) is 0 Å². The van der Waals surface area contributed by atoms with Crippen molar-refractivity contribution in [1.82, 2.24) is 0 Å². The summed E-state index contributed by atoms with van der Waals surface area (Å²) in [5.41, 5.74) is 3.12. The van der Waals surface area contributed by atoms with Gasteiger partial charge in [0.05, 0.1) is 0 Å². The Morgan fingerprint density at radius 1 is 1.03 bits per heavy atom. The predicted octanol–water partition coefficient (Wildman–Crippen LogP) is 8.62. The summed E-state index contributed by atoms with van der Waals surface area (Å²) in [6.07, 6.45) is 12.3. The molecule has 1 fully saturated rings. The molecule has 0 amide bonds. The van der Waals surface area contributed by atoms with Crippen LogP contribution < -0.4 is 0 Å². The molecular weight excluding hydrogens is 448 g/mol. The molecule has 0 unspecified atom stereocenters. The Hall–Kier alpha value is -1.26. The van der Waals surface area contributed by atoms with Crippen LogP contribution in [0.5, 0.6) is 0 Å². The Morgan fingerprint density at radius 3 is 2.29 bits per heavy atom. The van der Waals surface area contributed by atoms with E-state index in [-0.39, 0.29) is 28.1 Å². The summed E-state index contributed by atoms with van der Waals surface area (Å²) >= 11 is 0. The third-order valence-corrected chi connectivity index (χ3v) is 13.9. The van der Waals surface area contributed by atoms with Gasteiger partial charge in [0.15, 0.2) is 14.1 Å². The summed E-state index contributed by atoms with van der Waals surface area (Å²) in [6.45, 7) is 22.9. The average Bonchev–Trinajstić information content (AvgIpc) is 3.01. The van der Waals surface area contributed by atoms with Crippen LogP contribution in [0.1, 0.15) is 100 Å². The second-order valence-electron chi connectivity index (χ2n) is 13.3. The van der Waals surface area contributed by atoms with Crippen molar-refractivity contribution in [3.05, 3.63) is 34.9 Å². The van der Waals surface area contributed by atoms with Gasteiger partial charge < -0.3 is 4.43 Å². The number of hydrogen-bond donors (Lipinski definition) is 0. The normalized spacial score (nSPS) is 33.4. The van der Waals surface area contributed by atoms with Crippen LogP contribution in [0.25, 0.3) is 0 Å². The third-order valence-electron chi connectivity index (χ3n) is 9.41. The van der Waals surface area contributed by atoms with E-state index in [0.29, 0.717) is 31.1 Å². The number of ketones is 2. The van der Waals surface area contributed by atoms with Gasteiger partial charge in [0.2, 0.25) is 0 Å². The maximum atomic E-state index is 13.5. The van der Waals surface area contributed by atoms with Gasteiger partial charge in [-0.2, -0.15) is 0 Å². The van der Waals surface area contributed by atoms with E-state index in [1.165, 1.54) is 11.1 Å². The minimum atomic E-state index is -1.85. The lowest BCUT2D eigenvalue weighted by Gasteiger charge is -2.39. The number of rotatable bonds is 4. The first-order valence-corrected chi connectivity index (χ1v) is 16.7. The summed E-state index contributed by atoms with van der Waals surface area (Å²) in [5, 5.41) is 0.172. The minimum Gasteiger partial charge on any atom is -0.417 e. The molecule has 2 aliphatic rings. The SMILES string of the molecule is C/C1=C\C[C@]2(C)C(=O)C[C@@H]([C@H](C)CO[Si](C)(C)C(C)(C)C)[C@H]2C/C=C(\C)C(=O)CC/C(C)=C/CC1.